The van der Waals surface area contributed by atoms with Crippen molar-refractivity contribution in [1.29, 1.82) is 0 Å². The van der Waals surface area contributed by atoms with Gasteiger partial charge in [-0.3, -0.25) is 0 Å². The first kappa shape index (κ1) is 8.83. The molecule has 0 saturated heterocycles. The van der Waals surface area contributed by atoms with Crippen molar-refractivity contribution < 1.29 is 0 Å². The highest BCUT2D eigenvalue weighted by Gasteiger charge is 2.33. The third kappa shape index (κ3) is 1.50. The summed E-state index contributed by atoms with van der Waals surface area (Å²) in [5.41, 5.74) is 2.23. The fourth-order valence-electron chi connectivity index (χ4n) is 1.86. The summed E-state index contributed by atoms with van der Waals surface area (Å²) in [7, 11) is 0. The van der Waals surface area contributed by atoms with E-state index in [2.05, 4.69) is 33.8 Å². The maximum Gasteiger partial charge on any atom is -0.0117 e. The molecule has 1 aliphatic carbocycles. The lowest BCUT2D eigenvalue weighted by molar-refractivity contribution is 0.215. The number of allylic oxidation sites excluding steroid dienone is 2. The second-order valence-corrected chi connectivity index (χ2v) is 4.26. The first-order valence-electron chi connectivity index (χ1n) is 4.80. The van der Waals surface area contributed by atoms with E-state index in [1.54, 1.807) is 5.57 Å². The molecule has 0 heteroatoms. The summed E-state index contributed by atoms with van der Waals surface area (Å²) in [4.78, 5) is 0. The number of hydrogen-bond acceptors (Lipinski definition) is 0. The summed E-state index contributed by atoms with van der Waals surface area (Å²) in [5.74, 6) is 0.887. The molecule has 0 nitrogen and oxygen atoms in total. The molecule has 0 fully saturated rings. The lowest BCUT2D eigenvalue weighted by atomic mass is 9.65. The molecule has 0 amide bonds. The maximum atomic E-state index is 2.40. The van der Waals surface area contributed by atoms with Gasteiger partial charge in [-0.2, -0.15) is 0 Å². The predicted molar refractivity (Wildman–Crippen MR) is 50.6 cm³/mol. The van der Waals surface area contributed by atoms with Crippen LogP contribution in [0.4, 0.5) is 0 Å². The molecule has 1 unspecified atom stereocenters. The molecule has 11 heavy (non-hydrogen) atoms. The summed E-state index contributed by atoms with van der Waals surface area (Å²) in [6.45, 7) is 9.34. The van der Waals surface area contributed by atoms with Crippen molar-refractivity contribution in [2.75, 3.05) is 0 Å². The van der Waals surface area contributed by atoms with Crippen molar-refractivity contribution in [3.8, 4) is 0 Å². The molecule has 0 radical (unpaired) electrons. The first-order valence-corrected chi connectivity index (χ1v) is 4.80. The van der Waals surface area contributed by atoms with Crippen LogP contribution in [0.1, 0.15) is 47.0 Å². The fraction of sp³-hybridized carbons (Fsp3) is 0.818. The smallest absolute Gasteiger partial charge is 0.0117 e. The van der Waals surface area contributed by atoms with Crippen molar-refractivity contribution in [2.24, 2.45) is 11.3 Å². The molecule has 0 N–H and O–H groups in total. The van der Waals surface area contributed by atoms with Gasteiger partial charge in [0.05, 0.1) is 0 Å². The summed E-state index contributed by atoms with van der Waals surface area (Å²) >= 11 is 0. The average Bonchev–Trinajstić information content (AvgIpc) is 1.86. The van der Waals surface area contributed by atoms with Crippen LogP contribution in [0.5, 0.6) is 0 Å². The van der Waals surface area contributed by atoms with Gasteiger partial charge in [-0.25, -0.2) is 0 Å². The lowest BCUT2D eigenvalue weighted by Gasteiger charge is -2.40. The molecule has 0 saturated carbocycles. The molecule has 0 aromatic heterocycles. The molecule has 1 atom stereocenters. The number of hydrogen-bond donors (Lipinski definition) is 0. The first-order chi connectivity index (χ1) is 5.11. The Balaban J connectivity index is 2.58. The third-order valence-corrected chi connectivity index (χ3v) is 3.33. The molecule has 64 valence electrons. The van der Waals surface area contributed by atoms with Gasteiger partial charge in [0.15, 0.2) is 0 Å². The summed E-state index contributed by atoms with van der Waals surface area (Å²) < 4.78 is 0. The van der Waals surface area contributed by atoms with Crippen molar-refractivity contribution in [3.05, 3.63) is 11.6 Å². The van der Waals surface area contributed by atoms with Gasteiger partial charge < -0.3 is 0 Å². The van der Waals surface area contributed by atoms with Crippen molar-refractivity contribution in [3.63, 3.8) is 0 Å². The fourth-order valence-corrected chi connectivity index (χ4v) is 1.86. The summed E-state index contributed by atoms with van der Waals surface area (Å²) in [6.07, 6.45) is 6.29. The molecule has 1 rings (SSSR count). The molecule has 1 aliphatic rings. The van der Waals surface area contributed by atoms with Crippen molar-refractivity contribution in [1.82, 2.24) is 0 Å². The molecule has 0 spiro atoms. The van der Waals surface area contributed by atoms with Crippen LogP contribution in [0.25, 0.3) is 0 Å². The van der Waals surface area contributed by atoms with Crippen LogP contribution in [-0.4, -0.2) is 0 Å². The zero-order valence-corrected chi connectivity index (χ0v) is 8.28. The van der Waals surface area contributed by atoms with E-state index in [-0.39, 0.29) is 0 Å². The van der Waals surface area contributed by atoms with E-state index in [0.29, 0.717) is 5.41 Å². The quantitative estimate of drug-likeness (QED) is 0.540. The Kier molecular flexibility index (Phi) is 2.41. The number of rotatable bonds is 3. The van der Waals surface area contributed by atoms with E-state index in [9.17, 15) is 0 Å². The highest BCUT2D eigenvalue weighted by molar-refractivity contribution is 5.20. The Bertz CT molecular complexity index is 163. The second-order valence-electron chi connectivity index (χ2n) is 4.26. The monoisotopic (exact) mass is 152 g/mol. The van der Waals surface area contributed by atoms with Crippen LogP contribution in [0.3, 0.4) is 0 Å². The molecule has 0 bridgehead atoms. The van der Waals surface area contributed by atoms with Crippen LogP contribution < -0.4 is 0 Å². The molecule has 0 aromatic carbocycles. The van der Waals surface area contributed by atoms with E-state index in [1.807, 2.05) is 0 Å². The zero-order chi connectivity index (χ0) is 8.48. The molecule has 0 aliphatic heterocycles. The highest BCUT2D eigenvalue weighted by Crippen LogP contribution is 2.44. The SMILES string of the molecule is CCC1=CCC1C(C)(C)CC. The van der Waals surface area contributed by atoms with Gasteiger partial charge in [0.25, 0.3) is 0 Å². The van der Waals surface area contributed by atoms with Gasteiger partial charge in [-0.05, 0) is 24.2 Å². The van der Waals surface area contributed by atoms with Gasteiger partial charge in [0, 0.05) is 0 Å². The normalized spacial score (nSPS) is 24.4. The minimum absolute atomic E-state index is 0.542. The van der Waals surface area contributed by atoms with E-state index in [4.69, 9.17) is 0 Å². The van der Waals surface area contributed by atoms with E-state index < -0.39 is 0 Å². The second kappa shape index (κ2) is 3.00. The minimum Gasteiger partial charge on any atom is -0.0844 e. The van der Waals surface area contributed by atoms with Gasteiger partial charge in [-0.1, -0.05) is 45.8 Å². The molecular formula is C11H20. The Morgan fingerprint density at radius 2 is 2.09 bits per heavy atom. The Hall–Kier alpha value is -0.260. The Labute approximate surface area is 70.7 Å². The Morgan fingerprint density at radius 1 is 1.45 bits per heavy atom. The summed E-state index contributed by atoms with van der Waals surface area (Å²) in [5, 5.41) is 0. The standard InChI is InChI=1S/C11H20/c1-5-9-7-8-10(9)11(3,4)6-2/h7,10H,5-6,8H2,1-4H3. The zero-order valence-electron chi connectivity index (χ0n) is 8.28. The van der Waals surface area contributed by atoms with Gasteiger partial charge in [0.2, 0.25) is 0 Å². The lowest BCUT2D eigenvalue weighted by Crippen LogP contribution is -2.29. The van der Waals surface area contributed by atoms with Crippen LogP contribution in [0.15, 0.2) is 11.6 Å². The largest absolute Gasteiger partial charge is 0.0844 e. The highest BCUT2D eigenvalue weighted by atomic mass is 14.4. The van der Waals surface area contributed by atoms with Crippen LogP contribution in [0, 0.1) is 11.3 Å². The Morgan fingerprint density at radius 3 is 2.36 bits per heavy atom. The van der Waals surface area contributed by atoms with Gasteiger partial charge >= 0.3 is 0 Å². The van der Waals surface area contributed by atoms with Crippen LogP contribution in [0.2, 0.25) is 0 Å². The van der Waals surface area contributed by atoms with Crippen LogP contribution in [-0.2, 0) is 0 Å². The molecule has 0 aromatic rings. The van der Waals surface area contributed by atoms with Crippen molar-refractivity contribution >= 4 is 0 Å². The topological polar surface area (TPSA) is 0 Å². The molecular weight excluding hydrogens is 132 g/mol. The van der Waals surface area contributed by atoms with E-state index in [1.165, 1.54) is 19.3 Å². The average molecular weight is 152 g/mol. The van der Waals surface area contributed by atoms with Gasteiger partial charge in [-0.15, -0.1) is 0 Å². The predicted octanol–water partition coefficient (Wildman–Crippen LogP) is 3.78. The maximum absolute atomic E-state index is 2.40. The van der Waals surface area contributed by atoms with E-state index in [0.717, 1.165) is 5.92 Å². The molecule has 0 heterocycles. The van der Waals surface area contributed by atoms with E-state index >= 15 is 0 Å². The summed E-state index contributed by atoms with van der Waals surface area (Å²) in [6, 6.07) is 0. The van der Waals surface area contributed by atoms with Crippen molar-refractivity contribution in [2.45, 2.75) is 47.0 Å². The third-order valence-electron chi connectivity index (χ3n) is 3.33. The minimum atomic E-state index is 0.542. The van der Waals surface area contributed by atoms with Gasteiger partial charge in [0.1, 0.15) is 0 Å². The van der Waals surface area contributed by atoms with Crippen LogP contribution >= 0.6 is 0 Å².